The van der Waals surface area contributed by atoms with Crippen LogP contribution in [-0.2, 0) is 6.42 Å². The van der Waals surface area contributed by atoms with Crippen LogP contribution in [0, 0.1) is 0 Å². The van der Waals surface area contributed by atoms with Gasteiger partial charge in [-0.15, -0.1) is 0 Å². The minimum absolute atomic E-state index is 0.619. The number of benzene rings is 1. The van der Waals surface area contributed by atoms with E-state index in [1.807, 2.05) is 12.3 Å². The minimum atomic E-state index is 0.619. The van der Waals surface area contributed by atoms with E-state index in [0.717, 1.165) is 18.5 Å². The number of fused-ring (bicyclic) bond motifs is 1. The minimum Gasteiger partial charge on any atom is -0.314 e. The van der Waals surface area contributed by atoms with Gasteiger partial charge in [0.25, 0.3) is 0 Å². The largest absolute Gasteiger partial charge is 0.314 e. The maximum atomic E-state index is 4.51. The Labute approximate surface area is 109 Å². The number of nitrogens with one attached hydrogen (secondary N) is 1. The van der Waals surface area contributed by atoms with Crippen LogP contribution in [0.2, 0.25) is 0 Å². The molecule has 0 fully saturated rings. The average Bonchev–Trinajstić information content (AvgIpc) is 2.43. The molecule has 1 unspecified atom stereocenters. The number of pyridine rings is 1. The highest BCUT2D eigenvalue weighted by Gasteiger charge is 2.07. The zero-order valence-electron chi connectivity index (χ0n) is 11.3. The van der Waals surface area contributed by atoms with Crippen molar-refractivity contribution in [3.63, 3.8) is 0 Å². The van der Waals surface area contributed by atoms with E-state index in [0.29, 0.717) is 6.04 Å². The highest BCUT2D eigenvalue weighted by atomic mass is 14.9. The standard InChI is InChI=1S/C16H22N2/c1-3-15(17-4-2)11-10-14-8-5-7-13-9-6-12-18-16(13)14/h5-9,12,15,17H,3-4,10-11H2,1-2H3. The van der Waals surface area contributed by atoms with Crippen LogP contribution >= 0.6 is 0 Å². The Bertz CT molecular complexity index is 488. The molecule has 2 rings (SSSR count). The highest BCUT2D eigenvalue weighted by molar-refractivity contribution is 5.81. The van der Waals surface area contributed by atoms with Gasteiger partial charge in [-0.1, -0.05) is 38.1 Å². The van der Waals surface area contributed by atoms with Gasteiger partial charge in [0.1, 0.15) is 0 Å². The van der Waals surface area contributed by atoms with Crippen molar-refractivity contribution in [2.75, 3.05) is 6.54 Å². The quantitative estimate of drug-likeness (QED) is 0.838. The van der Waals surface area contributed by atoms with E-state index in [9.17, 15) is 0 Å². The van der Waals surface area contributed by atoms with Gasteiger partial charge < -0.3 is 5.32 Å². The summed E-state index contributed by atoms with van der Waals surface area (Å²) in [5.41, 5.74) is 2.52. The summed E-state index contributed by atoms with van der Waals surface area (Å²) in [4.78, 5) is 4.51. The number of nitrogens with zero attached hydrogens (tertiary/aromatic N) is 1. The summed E-state index contributed by atoms with van der Waals surface area (Å²) < 4.78 is 0. The average molecular weight is 242 g/mol. The number of para-hydroxylation sites is 1. The van der Waals surface area contributed by atoms with Crippen LogP contribution in [0.5, 0.6) is 0 Å². The van der Waals surface area contributed by atoms with E-state index in [4.69, 9.17) is 0 Å². The normalized spacial score (nSPS) is 12.8. The Morgan fingerprint density at radius 3 is 2.78 bits per heavy atom. The molecule has 96 valence electrons. The van der Waals surface area contributed by atoms with Crippen molar-refractivity contribution >= 4 is 10.9 Å². The van der Waals surface area contributed by atoms with Crippen LogP contribution in [-0.4, -0.2) is 17.6 Å². The zero-order valence-corrected chi connectivity index (χ0v) is 11.3. The van der Waals surface area contributed by atoms with Gasteiger partial charge in [0, 0.05) is 17.6 Å². The van der Waals surface area contributed by atoms with E-state index >= 15 is 0 Å². The molecule has 2 nitrogen and oxygen atoms in total. The van der Waals surface area contributed by atoms with Gasteiger partial charge in [0.2, 0.25) is 0 Å². The first kappa shape index (κ1) is 13.0. The molecule has 1 atom stereocenters. The number of rotatable bonds is 6. The molecule has 0 amide bonds. The first-order chi connectivity index (χ1) is 8.85. The molecular formula is C16H22N2. The molecular weight excluding hydrogens is 220 g/mol. The molecule has 1 aromatic heterocycles. The molecule has 0 spiro atoms. The summed E-state index contributed by atoms with van der Waals surface area (Å²) in [6, 6.07) is 11.2. The van der Waals surface area contributed by atoms with Gasteiger partial charge in [-0.05, 0) is 37.4 Å². The predicted octanol–water partition coefficient (Wildman–Crippen LogP) is 3.56. The molecule has 1 heterocycles. The zero-order chi connectivity index (χ0) is 12.8. The van der Waals surface area contributed by atoms with Crippen LogP contribution < -0.4 is 5.32 Å². The van der Waals surface area contributed by atoms with E-state index < -0.39 is 0 Å². The molecule has 0 saturated carbocycles. The van der Waals surface area contributed by atoms with Crippen molar-refractivity contribution in [3.8, 4) is 0 Å². The number of hydrogen-bond acceptors (Lipinski definition) is 2. The summed E-state index contributed by atoms with van der Waals surface area (Å²) in [7, 11) is 0. The van der Waals surface area contributed by atoms with Crippen LogP contribution in [0.3, 0.4) is 0 Å². The second kappa shape index (κ2) is 6.50. The fourth-order valence-electron chi connectivity index (χ4n) is 2.44. The van der Waals surface area contributed by atoms with E-state index in [1.165, 1.54) is 23.8 Å². The molecule has 0 saturated heterocycles. The second-order valence-electron chi connectivity index (χ2n) is 4.69. The molecule has 0 aliphatic rings. The van der Waals surface area contributed by atoms with Crippen molar-refractivity contribution in [1.82, 2.24) is 10.3 Å². The Balaban J connectivity index is 2.11. The summed E-state index contributed by atoms with van der Waals surface area (Å²) in [5.74, 6) is 0. The Morgan fingerprint density at radius 2 is 2.00 bits per heavy atom. The monoisotopic (exact) mass is 242 g/mol. The van der Waals surface area contributed by atoms with Gasteiger partial charge in [-0.25, -0.2) is 0 Å². The maximum absolute atomic E-state index is 4.51. The first-order valence-corrected chi connectivity index (χ1v) is 6.91. The van der Waals surface area contributed by atoms with Crippen LogP contribution in [0.4, 0.5) is 0 Å². The summed E-state index contributed by atoms with van der Waals surface area (Å²) in [5, 5.41) is 4.77. The van der Waals surface area contributed by atoms with Gasteiger partial charge in [-0.2, -0.15) is 0 Å². The fraction of sp³-hybridized carbons (Fsp3) is 0.438. The topological polar surface area (TPSA) is 24.9 Å². The van der Waals surface area contributed by atoms with Crippen molar-refractivity contribution in [3.05, 3.63) is 42.1 Å². The number of hydrogen-bond donors (Lipinski definition) is 1. The third-order valence-electron chi connectivity index (χ3n) is 3.46. The smallest absolute Gasteiger partial charge is 0.0733 e. The second-order valence-corrected chi connectivity index (χ2v) is 4.69. The van der Waals surface area contributed by atoms with E-state index in [-0.39, 0.29) is 0 Å². The van der Waals surface area contributed by atoms with Gasteiger partial charge in [0.05, 0.1) is 5.52 Å². The summed E-state index contributed by atoms with van der Waals surface area (Å²) in [6.45, 7) is 5.46. The fourth-order valence-corrected chi connectivity index (χ4v) is 2.44. The summed E-state index contributed by atoms with van der Waals surface area (Å²) in [6.07, 6.45) is 5.35. The summed E-state index contributed by atoms with van der Waals surface area (Å²) >= 11 is 0. The molecule has 1 aromatic carbocycles. The van der Waals surface area contributed by atoms with Crippen LogP contribution in [0.1, 0.15) is 32.3 Å². The maximum Gasteiger partial charge on any atom is 0.0733 e. The third-order valence-corrected chi connectivity index (χ3v) is 3.46. The third kappa shape index (κ3) is 3.08. The Kier molecular flexibility index (Phi) is 4.71. The number of aromatic nitrogens is 1. The first-order valence-electron chi connectivity index (χ1n) is 6.91. The SMILES string of the molecule is CCNC(CC)CCc1cccc2cccnc12. The molecule has 0 radical (unpaired) electrons. The Hall–Kier alpha value is -1.41. The van der Waals surface area contributed by atoms with Crippen molar-refractivity contribution in [2.24, 2.45) is 0 Å². The highest BCUT2D eigenvalue weighted by Crippen LogP contribution is 2.18. The van der Waals surface area contributed by atoms with Crippen molar-refractivity contribution in [1.29, 1.82) is 0 Å². The lowest BCUT2D eigenvalue weighted by molar-refractivity contribution is 0.481. The van der Waals surface area contributed by atoms with E-state index in [2.05, 4.69) is 48.4 Å². The lowest BCUT2D eigenvalue weighted by Gasteiger charge is -2.15. The van der Waals surface area contributed by atoms with Gasteiger partial charge >= 0.3 is 0 Å². The van der Waals surface area contributed by atoms with Crippen molar-refractivity contribution in [2.45, 2.75) is 39.2 Å². The Morgan fingerprint density at radius 1 is 1.17 bits per heavy atom. The molecule has 0 aliphatic carbocycles. The molecule has 0 bridgehead atoms. The van der Waals surface area contributed by atoms with E-state index in [1.54, 1.807) is 0 Å². The van der Waals surface area contributed by atoms with Gasteiger partial charge in [0.15, 0.2) is 0 Å². The van der Waals surface area contributed by atoms with Crippen LogP contribution in [0.15, 0.2) is 36.5 Å². The molecule has 2 aromatic rings. The number of aryl methyl sites for hydroxylation is 1. The molecule has 2 heteroatoms. The lowest BCUT2D eigenvalue weighted by Crippen LogP contribution is -2.28. The molecule has 1 N–H and O–H groups in total. The van der Waals surface area contributed by atoms with Crippen LogP contribution in [0.25, 0.3) is 10.9 Å². The predicted molar refractivity (Wildman–Crippen MR) is 77.8 cm³/mol. The molecule has 0 aliphatic heterocycles. The van der Waals surface area contributed by atoms with Gasteiger partial charge in [-0.3, -0.25) is 4.98 Å². The lowest BCUT2D eigenvalue weighted by atomic mass is 10.0. The molecule has 18 heavy (non-hydrogen) atoms. The van der Waals surface area contributed by atoms with Crippen molar-refractivity contribution < 1.29 is 0 Å².